The van der Waals surface area contributed by atoms with E-state index in [0.717, 1.165) is 13.5 Å². The molecule has 0 aliphatic rings. The number of hydrogen-bond acceptors (Lipinski definition) is 5. The Labute approximate surface area is 89.5 Å². The third-order valence-corrected chi connectivity index (χ3v) is 2.58. The second-order valence-electron chi connectivity index (χ2n) is 2.99. The van der Waals surface area contributed by atoms with E-state index < -0.39 is 16.3 Å². The lowest BCUT2D eigenvalue weighted by Crippen LogP contribution is -2.44. The molecule has 0 aromatic heterocycles. The molecule has 0 aliphatic heterocycles. The topological polar surface area (TPSA) is 111 Å². The lowest BCUT2D eigenvalue weighted by atomic mass is 10.2. The quantitative estimate of drug-likeness (QED) is 0.568. The van der Waals surface area contributed by atoms with Crippen LogP contribution < -0.4 is 15.2 Å². The number of nitrogens with one attached hydrogen (secondary N) is 2. The van der Waals surface area contributed by atoms with Gasteiger partial charge in [-0.15, -0.1) is 0 Å². The fourth-order valence-corrected chi connectivity index (χ4v) is 1.69. The van der Waals surface area contributed by atoms with Gasteiger partial charge in [-0.2, -0.15) is 13.1 Å². The molecule has 1 unspecified atom stereocenters. The van der Waals surface area contributed by atoms with Crippen molar-refractivity contribution in [3.05, 3.63) is 0 Å². The SMILES string of the molecule is CCCC(N)CNS(=O)(=O)NC(=O)OC. The van der Waals surface area contributed by atoms with Crippen LogP contribution in [0, 0.1) is 0 Å². The normalized spacial score (nSPS) is 13.3. The Hall–Kier alpha value is -0.860. The summed E-state index contributed by atoms with van der Waals surface area (Å²) in [4.78, 5) is 10.6. The predicted molar refractivity (Wildman–Crippen MR) is 55.3 cm³/mol. The smallest absolute Gasteiger partial charge is 0.421 e. The summed E-state index contributed by atoms with van der Waals surface area (Å²) in [5, 5.41) is 0. The summed E-state index contributed by atoms with van der Waals surface area (Å²) < 4.78 is 30.2. The van der Waals surface area contributed by atoms with E-state index in [1.54, 1.807) is 4.72 Å². The van der Waals surface area contributed by atoms with E-state index in [-0.39, 0.29) is 12.6 Å². The zero-order chi connectivity index (χ0) is 11.9. The van der Waals surface area contributed by atoms with Gasteiger partial charge < -0.3 is 10.5 Å². The van der Waals surface area contributed by atoms with E-state index in [0.29, 0.717) is 6.42 Å². The molecule has 7 nitrogen and oxygen atoms in total. The molecule has 0 radical (unpaired) electrons. The highest BCUT2D eigenvalue weighted by Gasteiger charge is 2.14. The average Bonchev–Trinajstić information content (AvgIpc) is 2.15. The Bertz CT molecular complexity index is 291. The van der Waals surface area contributed by atoms with Crippen molar-refractivity contribution in [1.29, 1.82) is 0 Å². The fraction of sp³-hybridized carbons (Fsp3) is 0.857. The van der Waals surface area contributed by atoms with Gasteiger partial charge in [0.1, 0.15) is 0 Å². The van der Waals surface area contributed by atoms with Gasteiger partial charge in [0.05, 0.1) is 7.11 Å². The molecule has 0 aromatic rings. The first-order valence-corrected chi connectivity index (χ1v) is 6.00. The molecule has 0 saturated carbocycles. The highest BCUT2D eigenvalue weighted by Crippen LogP contribution is 1.91. The molecule has 15 heavy (non-hydrogen) atoms. The van der Waals surface area contributed by atoms with Gasteiger partial charge in [0.2, 0.25) is 0 Å². The lowest BCUT2D eigenvalue weighted by Gasteiger charge is -2.11. The number of ether oxygens (including phenoxy) is 1. The van der Waals surface area contributed by atoms with Gasteiger partial charge in [-0.1, -0.05) is 13.3 Å². The van der Waals surface area contributed by atoms with Crippen LogP contribution in [0.2, 0.25) is 0 Å². The van der Waals surface area contributed by atoms with Gasteiger partial charge >= 0.3 is 16.3 Å². The standard InChI is InChI=1S/C7H17N3O4S/c1-3-4-6(8)5-9-15(12,13)10-7(11)14-2/h6,9H,3-5,8H2,1-2H3,(H,10,11). The van der Waals surface area contributed by atoms with Crippen LogP contribution in [0.5, 0.6) is 0 Å². The van der Waals surface area contributed by atoms with Gasteiger partial charge in [0, 0.05) is 12.6 Å². The highest BCUT2D eigenvalue weighted by molar-refractivity contribution is 7.88. The number of hydrogen-bond donors (Lipinski definition) is 3. The van der Waals surface area contributed by atoms with Crippen LogP contribution in [0.25, 0.3) is 0 Å². The molecular formula is C7H17N3O4S. The molecule has 0 aromatic carbocycles. The van der Waals surface area contributed by atoms with Crippen molar-refractivity contribution in [2.75, 3.05) is 13.7 Å². The van der Waals surface area contributed by atoms with Crippen LogP contribution in [0.4, 0.5) is 4.79 Å². The molecule has 8 heteroatoms. The van der Waals surface area contributed by atoms with Crippen molar-refractivity contribution in [2.45, 2.75) is 25.8 Å². The highest BCUT2D eigenvalue weighted by atomic mass is 32.2. The first-order chi connectivity index (χ1) is 6.91. The van der Waals surface area contributed by atoms with Gasteiger partial charge in [-0.3, -0.25) is 0 Å². The van der Waals surface area contributed by atoms with Crippen molar-refractivity contribution < 1.29 is 17.9 Å². The monoisotopic (exact) mass is 239 g/mol. The molecule has 1 atom stereocenters. The van der Waals surface area contributed by atoms with Crippen LogP contribution in [0.1, 0.15) is 19.8 Å². The van der Waals surface area contributed by atoms with E-state index in [9.17, 15) is 13.2 Å². The second-order valence-corrected chi connectivity index (χ2v) is 4.49. The third kappa shape index (κ3) is 7.11. The van der Waals surface area contributed by atoms with Crippen LogP contribution in [0.15, 0.2) is 0 Å². The Kier molecular flexibility index (Phi) is 6.21. The molecule has 0 spiro atoms. The number of amides is 1. The number of nitrogens with two attached hydrogens (primary N) is 1. The second kappa shape index (κ2) is 6.59. The van der Waals surface area contributed by atoms with Crippen LogP contribution in [-0.4, -0.2) is 34.2 Å². The number of carbonyl (C=O) groups excluding carboxylic acids is 1. The van der Waals surface area contributed by atoms with Gasteiger partial charge in [-0.05, 0) is 6.42 Å². The van der Waals surface area contributed by atoms with Crippen LogP contribution >= 0.6 is 0 Å². The summed E-state index contributed by atoms with van der Waals surface area (Å²) >= 11 is 0. The molecular weight excluding hydrogens is 222 g/mol. The minimum absolute atomic E-state index is 0.0835. The summed E-state index contributed by atoms with van der Waals surface area (Å²) in [6.45, 7) is 2.03. The molecule has 1 amide bonds. The van der Waals surface area contributed by atoms with E-state index in [2.05, 4.69) is 9.46 Å². The maximum atomic E-state index is 11.1. The summed E-state index contributed by atoms with van der Waals surface area (Å²) in [5.74, 6) is 0. The van der Waals surface area contributed by atoms with Gasteiger partial charge in [0.15, 0.2) is 0 Å². The zero-order valence-corrected chi connectivity index (χ0v) is 9.63. The Morgan fingerprint density at radius 3 is 2.60 bits per heavy atom. The van der Waals surface area contributed by atoms with Gasteiger partial charge in [0.25, 0.3) is 0 Å². The molecule has 4 N–H and O–H groups in total. The first kappa shape index (κ1) is 14.1. The van der Waals surface area contributed by atoms with E-state index in [4.69, 9.17) is 5.73 Å². The van der Waals surface area contributed by atoms with E-state index >= 15 is 0 Å². The minimum Gasteiger partial charge on any atom is -0.452 e. The molecule has 0 heterocycles. The summed E-state index contributed by atoms with van der Waals surface area (Å²) in [6, 6.07) is -0.260. The molecule has 0 bridgehead atoms. The Balaban J connectivity index is 3.99. The molecule has 0 rings (SSSR count). The number of rotatable bonds is 6. The summed E-state index contributed by atoms with van der Waals surface area (Å²) in [6.07, 6.45) is 0.542. The predicted octanol–water partition coefficient (Wildman–Crippen LogP) is -0.696. The molecule has 0 saturated heterocycles. The zero-order valence-electron chi connectivity index (χ0n) is 8.82. The van der Waals surface area contributed by atoms with Crippen molar-refractivity contribution in [2.24, 2.45) is 5.73 Å². The third-order valence-electron chi connectivity index (χ3n) is 1.60. The number of carbonyl (C=O) groups is 1. The van der Waals surface area contributed by atoms with Gasteiger partial charge in [-0.25, -0.2) is 9.52 Å². The van der Waals surface area contributed by atoms with E-state index in [1.807, 2.05) is 6.92 Å². The molecule has 0 fully saturated rings. The fourth-order valence-electron chi connectivity index (χ4n) is 0.877. The van der Waals surface area contributed by atoms with Crippen LogP contribution in [0.3, 0.4) is 0 Å². The summed E-state index contributed by atoms with van der Waals surface area (Å²) in [7, 11) is -2.78. The first-order valence-electron chi connectivity index (χ1n) is 4.52. The molecule has 90 valence electrons. The lowest BCUT2D eigenvalue weighted by molar-refractivity contribution is 0.177. The van der Waals surface area contributed by atoms with Crippen LogP contribution in [-0.2, 0) is 14.9 Å². The number of methoxy groups -OCH3 is 1. The Morgan fingerprint density at radius 2 is 2.13 bits per heavy atom. The van der Waals surface area contributed by atoms with E-state index in [1.165, 1.54) is 0 Å². The van der Waals surface area contributed by atoms with Crippen molar-refractivity contribution >= 4 is 16.3 Å². The largest absolute Gasteiger partial charge is 0.452 e. The average molecular weight is 239 g/mol. The van der Waals surface area contributed by atoms with Crippen molar-refractivity contribution in [1.82, 2.24) is 9.44 Å². The maximum absolute atomic E-state index is 11.1. The van der Waals surface area contributed by atoms with Crippen molar-refractivity contribution in [3.8, 4) is 0 Å². The summed E-state index contributed by atoms with van der Waals surface area (Å²) in [5.41, 5.74) is 5.58. The van der Waals surface area contributed by atoms with Crippen molar-refractivity contribution in [3.63, 3.8) is 0 Å². The minimum atomic E-state index is -3.86. The Morgan fingerprint density at radius 1 is 1.53 bits per heavy atom. The molecule has 0 aliphatic carbocycles. The maximum Gasteiger partial charge on any atom is 0.421 e.